The maximum absolute atomic E-state index is 14.3. The summed E-state index contributed by atoms with van der Waals surface area (Å²) in [5.41, 5.74) is 4.38. The third kappa shape index (κ3) is 4.71. The lowest BCUT2D eigenvalue weighted by Crippen LogP contribution is -2.31. The van der Waals surface area contributed by atoms with Crippen molar-refractivity contribution in [3.8, 4) is 6.07 Å². The van der Waals surface area contributed by atoms with Gasteiger partial charge in [-0.3, -0.25) is 9.59 Å². The van der Waals surface area contributed by atoms with Gasteiger partial charge in [0.1, 0.15) is 5.82 Å². The van der Waals surface area contributed by atoms with Crippen molar-refractivity contribution in [2.24, 2.45) is 0 Å². The largest absolute Gasteiger partial charge is 0.325 e. The van der Waals surface area contributed by atoms with Crippen LogP contribution in [0.1, 0.15) is 34.6 Å². The zero-order valence-corrected chi connectivity index (χ0v) is 17.8. The number of anilines is 1. The van der Waals surface area contributed by atoms with Gasteiger partial charge in [0.25, 0.3) is 0 Å². The van der Waals surface area contributed by atoms with E-state index in [0.29, 0.717) is 10.6 Å². The Labute approximate surface area is 179 Å². The third-order valence-corrected chi connectivity index (χ3v) is 5.94. The van der Waals surface area contributed by atoms with E-state index in [0.717, 1.165) is 34.1 Å². The molecule has 0 saturated carbocycles. The predicted octanol–water partition coefficient (Wildman–Crippen LogP) is 4.46. The molecule has 0 aliphatic carbocycles. The molecule has 7 heteroatoms. The van der Waals surface area contributed by atoms with Crippen LogP contribution in [0, 0.1) is 37.9 Å². The van der Waals surface area contributed by atoms with Crippen molar-refractivity contribution in [1.29, 1.82) is 5.26 Å². The minimum absolute atomic E-state index is 0.0114. The Morgan fingerprint density at radius 1 is 1.27 bits per heavy atom. The number of hydrogen-bond acceptors (Lipinski definition) is 4. The summed E-state index contributed by atoms with van der Waals surface area (Å²) in [5, 5.41) is 15.5. The average Bonchev–Trinajstić information content (AvgIpc) is 2.69. The third-order valence-electron chi connectivity index (χ3n) is 4.93. The average molecular weight is 424 g/mol. The minimum Gasteiger partial charge on any atom is -0.325 e. The Balaban J connectivity index is 1.79. The fourth-order valence-corrected chi connectivity index (χ4v) is 4.52. The molecule has 2 amide bonds. The molecule has 3 rings (SSSR count). The molecule has 0 unspecified atom stereocenters. The van der Waals surface area contributed by atoms with Gasteiger partial charge in [0.2, 0.25) is 11.8 Å². The number of benzene rings is 2. The van der Waals surface area contributed by atoms with Gasteiger partial charge in [-0.05, 0) is 43.5 Å². The maximum atomic E-state index is 14.3. The van der Waals surface area contributed by atoms with Crippen LogP contribution in [0.5, 0.6) is 0 Å². The quantitative estimate of drug-likeness (QED) is 0.744. The van der Waals surface area contributed by atoms with Gasteiger partial charge in [0.15, 0.2) is 0 Å². The first kappa shape index (κ1) is 21.6. The van der Waals surface area contributed by atoms with Crippen molar-refractivity contribution in [3.05, 3.63) is 75.1 Å². The van der Waals surface area contributed by atoms with E-state index in [9.17, 15) is 19.2 Å². The number of amides is 2. The number of hydrogen-bond donors (Lipinski definition) is 2. The van der Waals surface area contributed by atoms with Crippen LogP contribution in [0.15, 0.2) is 47.0 Å². The van der Waals surface area contributed by atoms with E-state index in [4.69, 9.17) is 0 Å². The van der Waals surface area contributed by atoms with E-state index in [1.54, 1.807) is 18.2 Å². The molecule has 5 nitrogen and oxygen atoms in total. The molecule has 0 saturated heterocycles. The number of allylic oxidation sites excluding steroid dienone is 1. The summed E-state index contributed by atoms with van der Waals surface area (Å²) in [7, 11) is 0. The van der Waals surface area contributed by atoms with Crippen LogP contribution in [0.2, 0.25) is 0 Å². The van der Waals surface area contributed by atoms with E-state index in [-0.39, 0.29) is 29.6 Å². The van der Waals surface area contributed by atoms with Crippen molar-refractivity contribution < 1.29 is 14.0 Å². The second-order valence-electron chi connectivity index (χ2n) is 7.29. The molecule has 0 bridgehead atoms. The molecular formula is C23H22FN3O2S. The second-order valence-corrected chi connectivity index (χ2v) is 8.28. The zero-order valence-electron chi connectivity index (χ0n) is 17.0. The predicted molar refractivity (Wildman–Crippen MR) is 116 cm³/mol. The molecular weight excluding hydrogens is 401 g/mol. The van der Waals surface area contributed by atoms with E-state index in [2.05, 4.69) is 16.7 Å². The topological polar surface area (TPSA) is 82.0 Å². The Morgan fingerprint density at radius 2 is 1.93 bits per heavy atom. The van der Waals surface area contributed by atoms with E-state index < -0.39 is 11.7 Å². The SMILES string of the molecule is Cc1cc(C)c(NC(=O)CSC2=C(C#N)[C@@H](c3ccccc3F)CC(=O)N2)c(C)c1. The highest BCUT2D eigenvalue weighted by Crippen LogP contribution is 2.37. The number of nitrogens with one attached hydrogen (secondary N) is 2. The Kier molecular flexibility index (Phi) is 6.58. The molecule has 154 valence electrons. The normalized spacial score (nSPS) is 16.1. The Bertz CT molecular complexity index is 1070. The Morgan fingerprint density at radius 3 is 2.57 bits per heavy atom. The lowest BCUT2D eigenvalue weighted by Gasteiger charge is -2.25. The summed E-state index contributed by atoms with van der Waals surface area (Å²) in [6.07, 6.45) is -0.0121. The number of nitriles is 1. The number of rotatable bonds is 5. The highest BCUT2D eigenvalue weighted by Gasteiger charge is 2.31. The van der Waals surface area contributed by atoms with Crippen LogP contribution in [0.4, 0.5) is 10.1 Å². The van der Waals surface area contributed by atoms with Crippen LogP contribution in [0.25, 0.3) is 0 Å². The van der Waals surface area contributed by atoms with E-state index in [1.807, 2.05) is 32.9 Å². The molecule has 1 atom stereocenters. The van der Waals surface area contributed by atoms with Gasteiger partial charge in [-0.2, -0.15) is 5.26 Å². The van der Waals surface area contributed by atoms with Gasteiger partial charge in [-0.1, -0.05) is 47.7 Å². The summed E-state index contributed by atoms with van der Waals surface area (Å²) in [4.78, 5) is 24.7. The van der Waals surface area contributed by atoms with Gasteiger partial charge in [-0.15, -0.1) is 0 Å². The molecule has 2 aromatic rings. The van der Waals surface area contributed by atoms with Crippen LogP contribution in [0.3, 0.4) is 0 Å². The molecule has 1 aliphatic heterocycles. The molecule has 1 aliphatic rings. The standard InChI is InChI=1S/C23H22FN3O2S/c1-13-8-14(2)22(15(3)9-13)26-21(29)12-30-23-18(11-25)17(10-20(28)27-23)16-6-4-5-7-19(16)24/h4-9,17H,10,12H2,1-3H3,(H,26,29)(H,27,28)/t17-/m1/s1. The number of aryl methyl sites for hydroxylation is 3. The van der Waals surface area contributed by atoms with Gasteiger partial charge < -0.3 is 10.6 Å². The van der Waals surface area contributed by atoms with Gasteiger partial charge in [0, 0.05) is 18.0 Å². The summed E-state index contributed by atoms with van der Waals surface area (Å²) in [6, 6.07) is 12.2. The molecule has 0 spiro atoms. The number of halogens is 1. The van der Waals surface area contributed by atoms with Crippen molar-refractivity contribution >= 4 is 29.3 Å². The highest BCUT2D eigenvalue weighted by atomic mass is 32.2. The van der Waals surface area contributed by atoms with E-state index >= 15 is 0 Å². The van der Waals surface area contributed by atoms with Crippen LogP contribution >= 0.6 is 11.8 Å². The van der Waals surface area contributed by atoms with Gasteiger partial charge in [-0.25, -0.2) is 4.39 Å². The fourth-order valence-electron chi connectivity index (χ4n) is 3.65. The molecule has 30 heavy (non-hydrogen) atoms. The minimum atomic E-state index is -0.669. The van der Waals surface area contributed by atoms with Crippen molar-refractivity contribution in [3.63, 3.8) is 0 Å². The number of carbonyl (C=O) groups excluding carboxylic acids is 2. The highest BCUT2D eigenvalue weighted by molar-refractivity contribution is 8.03. The monoisotopic (exact) mass is 423 g/mol. The summed E-state index contributed by atoms with van der Waals surface area (Å²) < 4.78 is 14.3. The molecule has 1 heterocycles. The van der Waals surface area contributed by atoms with Gasteiger partial charge in [0.05, 0.1) is 22.4 Å². The smallest absolute Gasteiger partial charge is 0.234 e. The maximum Gasteiger partial charge on any atom is 0.234 e. The van der Waals surface area contributed by atoms with Crippen molar-refractivity contribution in [2.45, 2.75) is 33.1 Å². The number of thioether (sulfide) groups is 1. The number of carbonyl (C=O) groups is 2. The van der Waals surface area contributed by atoms with Crippen LogP contribution in [-0.4, -0.2) is 17.6 Å². The lowest BCUT2D eigenvalue weighted by molar-refractivity contribution is -0.121. The first-order chi connectivity index (χ1) is 14.3. The Hall–Kier alpha value is -3.11. The van der Waals surface area contributed by atoms with Crippen LogP contribution < -0.4 is 10.6 Å². The zero-order chi connectivity index (χ0) is 21.8. The molecule has 2 N–H and O–H groups in total. The fraction of sp³-hybridized carbons (Fsp3) is 0.261. The molecule has 0 fully saturated rings. The first-order valence-corrected chi connectivity index (χ1v) is 10.5. The van der Waals surface area contributed by atoms with E-state index in [1.165, 1.54) is 6.07 Å². The summed E-state index contributed by atoms with van der Waals surface area (Å²) >= 11 is 1.07. The van der Waals surface area contributed by atoms with Crippen molar-refractivity contribution in [2.75, 3.05) is 11.1 Å². The summed E-state index contributed by atoms with van der Waals surface area (Å²) in [5.74, 6) is -1.68. The first-order valence-electron chi connectivity index (χ1n) is 9.49. The molecule has 0 aromatic heterocycles. The second kappa shape index (κ2) is 9.14. The summed E-state index contributed by atoms with van der Waals surface area (Å²) in [6.45, 7) is 5.86. The number of nitrogens with zero attached hydrogens (tertiary/aromatic N) is 1. The molecule has 2 aromatic carbocycles. The van der Waals surface area contributed by atoms with Crippen molar-refractivity contribution in [1.82, 2.24) is 5.32 Å². The van der Waals surface area contributed by atoms with Crippen LogP contribution in [-0.2, 0) is 9.59 Å². The molecule has 0 radical (unpaired) electrons. The van der Waals surface area contributed by atoms with Gasteiger partial charge >= 0.3 is 0 Å². The lowest BCUT2D eigenvalue weighted by atomic mass is 9.87.